The van der Waals surface area contributed by atoms with Crippen molar-refractivity contribution in [2.24, 2.45) is 5.41 Å². The summed E-state index contributed by atoms with van der Waals surface area (Å²) in [5, 5.41) is 0. The molecule has 3 rings (SSSR count). The molecule has 0 aliphatic carbocycles. The van der Waals surface area contributed by atoms with Gasteiger partial charge in [-0.15, -0.1) is 0 Å². The van der Waals surface area contributed by atoms with Crippen molar-refractivity contribution in [3.05, 3.63) is 23.3 Å². The quantitative estimate of drug-likeness (QED) is 0.798. The Labute approximate surface area is 161 Å². The molecule has 1 aromatic carbocycles. The molecular weight excluding hydrogens is 344 g/mol. The molecule has 148 valence electrons. The number of benzene rings is 1. The van der Waals surface area contributed by atoms with Crippen molar-refractivity contribution in [3.8, 4) is 11.5 Å². The fourth-order valence-corrected chi connectivity index (χ4v) is 3.54. The molecule has 0 atom stereocenters. The van der Waals surface area contributed by atoms with E-state index >= 15 is 0 Å². The number of hydrogen-bond donors (Lipinski definition) is 0. The van der Waals surface area contributed by atoms with E-state index in [9.17, 15) is 9.59 Å². The zero-order chi connectivity index (χ0) is 19.6. The van der Waals surface area contributed by atoms with Crippen LogP contribution in [0, 0.1) is 12.3 Å². The molecule has 0 aromatic heterocycles. The maximum absolute atomic E-state index is 12.9. The lowest BCUT2D eigenvalue weighted by atomic mass is 9.94. The molecule has 2 heterocycles. The summed E-state index contributed by atoms with van der Waals surface area (Å²) in [6.45, 7) is 11.5. The molecule has 0 spiro atoms. The van der Waals surface area contributed by atoms with Crippen molar-refractivity contribution >= 4 is 11.8 Å². The number of hydrogen-bond acceptors (Lipinski definition) is 4. The lowest BCUT2D eigenvalue weighted by molar-refractivity contribution is -0.139. The highest BCUT2D eigenvalue weighted by Crippen LogP contribution is 2.33. The summed E-state index contributed by atoms with van der Waals surface area (Å²) in [4.78, 5) is 29.2. The zero-order valence-corrected chi connectivity index (χ0v) is 16.8. The highest BCUT2D eigenvalue weighted by molar-refractivity contribution is 5.82. The average Bonchev–Trinajstić information content (AvgIpc) is 2.87. The first kappa shape index (κ1) is 19.5. The van der Waals surface area contributed by atoms with Gasteiger partial charge in [0, 0.05) is 31.6 Å². The van der Waals surface area contributed by atoms with E-state index in [-0.39, 0.29) is 17.2 Å². The third kappa shape index (κ3) is 4.54. The van der Waals surface area contributed by atoms with E-state index in [1.54, 1.807) is 0 Å². The fourth-order valence-electron chi connectivity index (χ4n) is 3.54. The third-order valence-electron chi connectivity index (χ3n) is 5.12. The number of rotatable bonds is 2. The number of carbonyl (C=O) groups is 2. The molecule has 0 unspecified atom stereocenters. The molecule has 0 N–H and O–H groups in total. The van der Waals surface area contributed by atoms with E-state index in [0.717, 1.165) is 23.3 Å². The van der Waals surface area contributed by atoms with Gasteiger partial charge in [-0.2, -0.15) is 0 Å². The maximum Gasteiger partial charge on any atom is 0.228 e. The van der Waals surface area contributed by atoms with Crippen LogP contribution in [0.4, 0.5) is 0 Å². The molecule has 1 aromatic rings. The molecule has 1 saturated heterocycles. The summed E-state index contributed by atoms with van der Waals surface area (Å²) in [6, 6.07) is 3.87. The van der Waals surface area contributed by atoms with Crippen molar-refractivity contribution in [1.82, 2.24) is 9.80 Å². The van der Waals surface area contributed by atoms with E-state index < -0.39 is 0 Å². The van der Waals surface area contributed by atoms with E-state index in [2.05, 4.69) is 0 Å². The van der Waals surface area contributed by atoms with Crippen LogP contribution >= 0.6 is 0 Å². The van der Waals surface area contributed by atoms with Crippen molar-refractivity contribution in [2.75, 3.05) is 39.4 Å². The van der Waals surface area contributed by atoms with Gasteiger partial charge >= 0.3 is 0 Å². The Balaban J connectivity index is 1.64. The Hall–Kier alpha value is -2.24. The molecule has 1 fully saturated rings. The highest BCUT2D eigenvalue weighted by Gasteiger charge is 2.29. The van der Waals surface area contributed by atoms with Crippen LogP contribution in [0.1, 0.15) is 38.3 Å². The Morgan fingerprint density at radius 2 is 1.56 bits per heavy atom. The van der Waals surface area contributed by atoms with Gasteiger partial charge in [-0.1, -0.05) is 20.8 Å². The van der Waals surface area contributed by atoms with Crippen LogP contribution in [0.2, 0.25) is 0 Å². The lowest BCUT2D eigenvalue weighted by Gasteiger charge is -2.28. The van der Waals surface area contributed by atoms with Gasteiger partial charge in [-0.05, 0) is 36.6 Å². The molecule has 0 saturated carbocycles. The Morgan fingerprint density at radius 3 is 2.22 bits per heavy atom. The van der Waals surface area contributed by atoms with Crippen molar-refractivity contribution in [2.45, 2.75) is 40.5 Å². The van der Waals surface area contributed by atoms with Crippen LogP contribution < -0.4 is 9.47 Å². The second-order valence-corrected chi connectivity index (χ2v) is 8.38. The number of fused-ring (bicyclic) bond motifs is 1. The molecule has 2 aliphatic heterocycles. The largest absolute Gasteiger partial charge is 0.486 e. The first-order valence-corrected chi connectivity index (χ1v) is 9.72. The van der Waals surface area contributed by atoms with Crippen LogP contribution in [0.5, 0.6) is 11.5 Å². The predicted molar refractivity (Wildman–Crippen MR) is 103 cm³/mol. The van der Waals surface area contributed by atoms with Crippen molar-refractivity contribution in [1.29, 1.82) is 0 Å². The number of nitrogens with zero attached hydrogens (tertiary/aromatic N) is 2. The second-order valence-electron chi connectivity index (χ2n) is 8.38. The summed E-state index contributed by atoms with van der Waals surface area (Å²) >= 11 is 0. The van der Waals surface area contributed by atoms with Crippen LogP contribution in [0.3, 0.4) is 0 Å². The number of aryl methyl sites for hydroxylation is 1. The van der Waals surface area contributed by atoms with Gasteiger partial charge in [0.1, 0.15) is 13.2 Å². The van der Waals surface area contributed by atoms with Crippen LogP contribution in [-0.2, 0) is 16.0 Å². The molecule has 2 amide bonds. The summed E-state index contributed by atoms with van der Waals surface area (Å²) < 4.78 is 11.2. The zero-order valence-electron chi connectivity index (χ0n) is 16.8. The third-order valence-corrected chi connectivity index (χ3v) is 5.12. The Kier molecular flexibility index (Phi) is 5.63. The molecule has 6 heteroatoms. The summed E-state index contributed by atoms with van der Waals surface area (Å²) in [6.07, 6.45) is 1.16. The average molecular weight is 374 g/mol. The number of amides is 2. The van der Waals surface area contributed by atoms with Crippen molar-refractivity contribution < 1.29 is 19.1 Å². The first-order chi connectivity index (χ1) is 12.8. The first-order valence-electron chi connectivity index (χ1n) is 9.72. The van der Waals surface area contributed by atoms with E-state index in [4.69, 9.17) is 9.47 Å². The van der Waals surface area contributed by atoms with E-state index in [0.29, 0.717) is 51.6 Å². The van der Waals surface area contributed by atoms with Gasteiger partial charge in [0.25, 0.3) is 0 Å². The topological polar surface area (TPSA) is 59.1 Å². The molecule has 6 nitrogen and oxygen atoms in total. The van der Waals surface area contributed by atoms with E-state index in [1.807, 2.05) is 49.6 Å². The molecule has 0 radical (unpaired) electrons. The SMILES string of the molecule is Cc1cc2c(cc1CC(=O)N1CCCN(C(=O)C(C)(C)C)CC1)OCCO2. The van der Waals surface area contributed by atoms with Gasteiger partial charge in [-0.3, -0.25) is 9.59 Å². The van der Waals surface area contributed by atoms with Crippen LogP contribution in [-0.4, -0.2) is 61.0 Å². The summed E-state index contributed by atoms with van der Waals surface area (Å²) in [5.74, 6) is 1.72. The normalized spacial score (nSPS) is 17.5. The van der Waals surface area contributed by atoms with Crippen LogP contribution in [0.15, 0.2) is 12.1 Å². The van der Waals surface area contributed by atoms with Gasteiger partial charge in [0.05, 0.1) is 6.42 Å². The van der Waals surface area contributed by atoms with Gasteiger partial charge < -0.3 is 19.3 Å². The minimum atomic E-state index is -0.387. The molecule has 0 bridgehead atoms. The minimum Gasteiger partial charge on any atom is -0.486 e. The smallest absolute Gasteiger partial charge is 0.228 e. The minimum absolute atomic E-state index is 0.0971. The predicted octanol–water partition coefficient (Wildman–Crippen LogP) is 2.42. The fraction of sp³-hybridized carbons (Fsp3) is 0.619. The monoisotopic (exact) mass is 374 g/mol. The van der Waals surface area contributed by atoms with Gasteiger partial charge in [-0.25, -0.2) is 0 Å². The van der Waals surface area contributed by atoms with E-state index in [1.165, 1.54) is 0 Å². The summed E-state index contributed by atoms with van der Waals surface area (Å²) in [5.41, 5.74) is 1.62. The van der Waals surface area contributed by atoms with Gasteiger partial charge in [0.2, 0.25) is 11.8 Å². The molecule has 27 heavy (non-hydrogen) atoms. The number of carbonyl (C=O) groups excluding carboxylic acids is 2. The lowest BCUT2D eigenvalue weighted by Crippen LogP contribution is -2.42. The number of ether oxygens (including phenoxy) is 2. The Bertz CT molecular complexity index is 724. The standard InChI is InChI=1S/C21H30N2O4/c1-15-12-17-18(27-11-10-26-17)13-16(15)14-19(24)22-6-5-7-23(9-8-22)20(25)21(2,3)4/h12-13H,5-11,14H2,1-4H3. The molecule has 2 aliphatic rings. The summed E-state index contributed by atoms with van der Waals surface area (Å²) in [7, 11) is 0. The molecular formula is C21H30N2O4. The maximum atomic E-state index is 12.9. The van der Waals surface area contributed by atoms with Crippen LogP contribution in [0.25, 0.3) is 0 Å². The van der Waals surface area contributed by atoms with Gasteiger partial charge in [0.15, 0.2) is 11.5 Å². The highest BCUT2D eigenvalue weighted by atomic mass is 16.6. The van der Waals surface area contributed by atoms with Crippen molar-refractivity contribution in [3.63, 3.8) is 0 Å². The second kappa shape index (κ2) is 7.79. The Morgan fingerprint density at radius 1 is 0.963 bits per heavy atom.